The third-order valence-corrected chi connectivity index (χ3v) is 4.20. The highest BCUT2D eigenvalue weighted by Gasteiger charge is 2.19. The van der Waals surface area contributed by atoms with E-state index in [1.807, 2.05) is 48.9 Å². The van der Waals surface area contributed by atoms with Gasteiger partial charge in [-0.25, -0.2) is 9.78 Å². The van der Waals surface area contributed by atoms with Gasteiger partial charge >= 0.3 is 5.69 Å². The lowest BCUT2D eigenvalue weighted by Crippen LogP contribution is -2.28. The number of nitrogens with one attached hydrogen (secondary N) is 1. The van der Waals surface area contributed by atoms with Crippen LogP contribution in [0.1, 0.15) is 13.3 Å². The molecule has 0 saturated heterocycles. The summed E-state index contributed by atoms with van der Waals surface area (Å²) in [6.07, 6.45) is 0.721. The molecule has 0 saturated carbocycles. The van der Waals surface area contributed by atoms with Crippen molar-refractivity contribution in [3.8, 4) is 11.4 Å². The van der Waals surface area contributed by atoms with E-state index in [1.54, 1.807) is 7.05 Å². The van der Waals surface area contributed by atoms with Crippen molar-refractivity contribution >= 4 is 17.0 Å². The molecule has 126 valence electrons. The fourth-order valence-electron chi connectivity index (χ4n) is 2.71. The summed E-state index contributed by atoms with van der Waals surface area (Å²) in [5, 5.41) is 12.6. The van der Waals surface area contributed by atoms with E-state index in [2.05, 4.69) is 15.3 Å². The van der Waals surface area contributed by atoms with E-state index in [0.29, 0.717) is 11.5 Å². The fraction of sp³-hybridized carbons (Fsp3) is 0.353. The molecule has 3 rings (SSSR count). The van der Waals surface area contributed by atoms with Crippen LogP contribution in [-0.4, -0.2) is 36.9 Å². The average Bonchev–Trinajstić information content (AvgIpc) is 2.95. The third-order valence-electron chi connectivity index (χ3n) is 4.20. The molecule has 2 heterocycles. The standard InChI is InChI=1S/C17H21N5O2/c1-4-12(10-23)18-14-13-16(22(3)17(24)19-14)20-15(21(13)2)11-8-6-5-7-9-11/h5-9,12,23H,4,10H2,1-3H3,(H,18,19,24). The minimum absolute atomic E-state index is 0.0295. The van der Waals surface area contributed by atoms with Crippen LogP contribution in [0.3, 0.4) is 0 Å². The van der Waals surface area contributed by atoms with Gasteiger partial charge in [-0.2, -0.15) is 4.98 Å². The Morgan fingerprint density at radius 1 is 1.17 bits per heavy atom. The van der Waals surface area contributed by atoms with E-state index in [9.17, 15) is 9.90 Å². The minimum atomic E-state index is -0.379. The van der Waals surface area contributed by atoms with Crippen molar-refractivity contribution in [2.45, 2.75) is 19.4 Å². The van der Waals surface area contributed by atoms with Crippen LogP contribution in [0.5, 0.6) is 0 Å². The SMILES string of the molecule is CCC(CO)Nc1nc(=O)n(C)c2nc(-c3ccccc3)n(C)c12. The number of fused-ring (bicyclic) bond motifs is 1. The lowest BCUT2D eigenvalue weighted by Gasteiger charge is -2.16. The van der Waals surface area contributed by atoms with E-state index >= 15 is 0 Å². The molecular formula is C17H21N5O2. The molecule has 0 bridgehead atoms. The summed E-state index contributed by atoms with van der Waals surface area (Å²) in [5.41, 5.74) is 1.88. The van der Waals surface area contributed by atoms with Crippen LogP contribution in [0, 0.1) is 0 Å². The van der Waals surface area contributed by atoms with Gasteiger partial charge in [0, 0.05) is 19.7 Å². The van der Waals surface area contributed by atoms with E-state index in [4.69, 9.17) is 0 Å². The third kappa shape index (κ3) is 2.67. The number of aryl methyl sites for hydroxylation is 2. The first-order valence-electron chi connectivity index (χ1n) is 7.93. The van der Waals surface area contributed by atoms with Gasteiger partial charge in [-0.1, -0.05) is 37.3 Å². The molecule has 0 aliphatic rings. The highest BCUT2D eigenvalue weighted by atomic mass is 16.3. The lowest BCUT2D eigenvalue weighted by molar-refractivity contribution is 0.271. The van der Waals surface area contributed by atoms with E-state index in [0.717, 1.165) is 23.3 Å². The molecule has 2 aromatic heterocycles. The largest absolute Gasteiger partial charge is 0.394 e. The second-order valence-electron chi connectivity index (χ2n) is 5.77. The van der Waals surface area contributed by atoms with Crippen LogP contribution in [0.25, 0.3) is 22.6 Å². The van der Waals surface area contributed by atoms with Crippen molar-refractivity contribution in [1.82, 2.24) is 19.1 Å². The first-order chi connectivity index (χ1) is 11.6. The maximum Gasteiger partial charge on any atom is 0.351 e. The second-order valence-corrected chi connectivity index (χ2v) is 5.77. The molecule has 3 aromatic rings. The quantitative estimate of drug-likeness (QED) is 0.742. The first kappa shape index (κ1) is 16.2. The number of aliphatic hydroxyl groups excluding tert-OH is 1. The molecule has 0 amide bonds. The molecule has 7 heteroatoms. The van der Waals surface area contributed by atoms with Gasteiger partial charge in [0.2, 0.25) is 0 Å². The van der Waals surface area contributed by atoms with Crippen LogP contribution < -0.4 is 11.0 Å². The van der Waals surface area contributed by atoms with E-state index in [1.165, 1.54) is 4.57 Å². The number of hydrogen-bond donors (Lipinski definition) is 2. The summed E-state index contributed by atoms with van der Waals surface area (Å²) in [5.74, 6) is 1.21. The zero-order valence-electron chi connectivity index (χ0n) is 14.0. The Balaban J connectivity index is 2.25. The Hall–Kier alpha value is -2.67. The Kier molecular flexibility index (Phi) is 4.35. The van der Waals surface area contributed by atoms with Crippen LogP contribution in [-0.2, 0) is 14.1 Å². The van der Waals surface area contributed by atoms with Crippen LogP contribution in [0.4, 0.5) is 5.82 Å². The summed E-state index contributed by atoms with van der Waals surface area (Å²) in [7, 11) is 3.56. The summed E-state index contributed by atoms with van der Waals surface area (Å²) in [4.78, 5) is 20.9. The molecular weight excluding hydrogens is 306 g/mol. The van der Waals surface area contributed by atoms with Crippen LogP contribution >= 0.6 is 0 Å². The molecule has 24 heavy (non-hydrogen) atoms. The van der Waals surface area contributed by atoms with Crippen molar-refractivity contribution in [3.05, 3.63) is 40.8 Å². The van der Waals surface area contributed by atoms with Gasteiger partial charge in [-0.05, 0) is 6.42 Å². The van der Waals surface area contributed by atoms with Gasteiger partial charge in [0.15, 0.2) is 11.5 Å². The monoisotopic (exact) mass is 327 g/mol. The Bertz CT molecular complexity index is 910. The van der Waals surface area contributed by atoms with E-state index < -0.39 is 0 Å². The van der Waals surface area contributed by atoms with Crippen molar-refractivity contribution in [3.63, 3.8) is 0 Å². The molecule has 7 nitrogen and oxygen atoms in total. The zero-order valence-corrected chi connectivity index (χ0v) is 14.0. The van der Waals surface area contributed by atoms with Crippen molar-refractivity contribution in [2.75, 3.05) is 11.9 Å². The molecule has 0 radical (unpaired) electrons. The zero-order chi connectivity index (χ0) is 17.3. The molecule has 1 atom stereocenters. The van der Waals surface area contributed by atoms with Gasteiger partial charge in [-0.3, -0.25) is 4.57 Å². The number of anilines is 1. The molecule has 1 aromatic carbocycles. The number of nitrogens with zero attached hydrogens (tertiary/aromatic N) is 4. The smallest absolute Gasteiger partial charge is 0.351 e. The van der Waals surface area contributed by atoms with Crippen molar-refractivity contribution in [1.29, 1.82) is 0 Å². The van der Waals surface area contributed by atoms with Gasteiger partial charge < -0.3 is 15.0 Å². The summed E-state index contributed by atoms with van der Waals surface area (Å²) < 4.78 is 3.36. The molecule has 0 fully saturated rings. The highest BCUT2D eigenvalue weighted by molar-refractivity contribution is 5.87. The summed E-state index contributed by atoms with van der Waals surface area (Å²) in [6.45, 7) is 1.93. The number of hydrogen-bond acceptors (Lipinski definition) is 5. The van der Waals surface area contributed by atoms with Gasteiger partial charge in [-0.15, -0.1) is 0 Å². The van der Waals surface area contributed by atoms with Gasteiger partial charge in [0.05, 0.1) is 12.6 Å². The topological polar surface area (TPSA) is 85.0 Å². The Labute approximate surface area is 139 Å². The number of imidazole rings is 1. The maximum atomic E-state index is 12.2. The number of aromatic nitrogens is 4. The molecule has 0 aliphatic carbocycles. The Morgan fingerprint density at radius 2 is 1.88 bits per heavy atom. The number of aliphatic hydroxyl groups is 1. The maximum absolute atomic E-state index is 12.2. The summed E-state index contributed by atoms with van der Waals surface area (Å²) >= 11 is 0. The van der Waals surface area contributed by atoms with Crippen LogP contribution in [0.2, 0.25) is 0 Å². The summed E-state index contributed by atoms with van der Waals surface area (Å²) in [6, 6.07) is 9.63. The predicted molar refractivity (Wildman–Crippen MR) is 94.0 cm³/mol. The predicted octanol–water partition coefficient (Wildman–Crippen LogP) is 1.52. The van der Waals surface area contributed by atoms with Gasteiger partial charge in [0.1, 0.15) is 11.3 Å². The average molecular weight is 327 g/mol. The van der Waals surface area contributed by atoms with Crippen molar-refractivity contribution < 1.29 is 5.11 Å². The molecule has 0 spiro atoms. The fourth-order valence-corrected chi connectivity index (χ4v) is 2.71. The normalized spacial score (nSPS) is 12.5. The molecule has 1 unspecified atom stereocenters. The van der Waals surface area contributed by atoms with Crippen molar-refractivity contribution in [2.24, 2.45) is 14.1 Å². The van der Waals surface area contributed by atoms with E-state index in [-0.39, 0.29) is 18.3 Å². The Morgan fingerprint density at radius 3 is 2.50 bits per heavy atom. The molecule has 0 aliphatic heterocycles. The van der Waals surface area contributed by atoms with Gasteiger partial charge in [0.25, 0.3) is 0 Å². The highest BCUT2D eigenvalue weighted by Crippen LogP contribution is 2.26. The van der Waals surface area contributed by atoms with Crippen LogP contribution in [0.15, 0.2) is 35.1 Å². The first-order valence-corrected chi connectivity index (χ1v) is 7.93. The minimum Gasteiger partial charge on any atom is -0.394 e. The number of rotatable bonds is 5. The second kappa shape index (κ2) is 6.45. The number of benzene rings is 1. The molecule has 2 N–H and O–H groups in total. The lowest BCUT2D eigenvalue weighted by atomic mass is 10.2.